The zero-order valence-electron chi connectivity index (χ0n) is 17.0. The van der Waals surface area contributed by atoms with Crippen molar-refractivity contribution in [1.82, 2.24) is 15.8 Å². The van der Waals surface area contributed by atoms with Crippen LogP contribution in [0.15, 0.2) is 30.3 Å². The predicted octanol–water partition coefficient (Wildman–Crippen LogP) is 4.08. The molecule has 170 valence electrons. The fourth-order valence-corrected chi connectivity index (χ4v) is 5.81. The lowest BCUT2D eigenvalue weighted by Crippen LogP contribution is -2.49. The number of aryl methyl sites for hydroxylation is 1. The first-order valence-electron chi connectivity index (χ1n) is 9.93. The third-order valence-electron chi connectivity index (χ3n) is 5.40. The number of alkyl halides is 3. The van der Waals surface area contributed by atoms with Crippen LogP contribution >= 0.6 is 22.7 Å². The molecule has 2 atom stereocenters. The number of hydrogen-bond donors (Lipinski definition) is 3. The minimum absolute atomic E-state index is 0.292. The molecule has 1 aliphatic carbocycles. The van der Waals surface area contributed by atoms with Gasteiger partial charge in [-0.05, 0) is 48.9 Å². The molecule has 4 rings (SSSR count). The molecule has 11 heteroatoms. The lowest BCUT2D eigenvalue weighted by Gasteiger charge is -2.27. The molecule has 32 heavy (non-hydrogen) atoms. The van der Waals surface area contributed by atoms with Gasteiger partial charge in [0.05, 0.1) is 21.5 Å². The average molecular weight is 484 g/mol. The smallest absolute Gasteiger partial charge is 0.374 e. The zero-order chi connectivity index (χ0) is 23.1. The molecule has 1 aliphatic rings. The van der Waals surface area contributed by atoms with Gasteiger partial charge in [-0.1, -0.05) is 19.1 Å². The summed E-state index contributed by atoms with van der Waals surface area (Å²) in [5, 5.41) is 9.83. The van der Waals surface area contributed by atoms with Gasteiger partial charge in [0.15, 0.2) is 0 Å². The number of carbonyl (C=O) groups is 2. The van der Waals surface area contributed by atoms with Crippen molar-refractivity contribution in [3.05, 3.63) is 50.7 Å². The average Bonchev–Trinajstić information content (AvgIpc) is 3.35. The van der Waals surface area contributed by atoms with Crippen LogP contribution in [0.25, 0.3) is 10.2 Å². The highest BCUT2D eigenvalue weighted by atomic mass is 32.1. The quantitative estimate of drug-likeness (QED) is 0.488. The van der Waals surface area contributed by atoms with Gasteiger partial charge < -0.3 is 5.11 Å². The molecule has 0 saturated heterocycles. The predicted molar refractivity (Wildman–Crippen MR) is 115 cm³/mol. The second-order valence-electron chi connectivity index (χ2n) is 7.93. The van der Waals surface area contributed by atoms with E-state index in [9.17, 15) is 27.9 Å². The monoisotopic (exact) mass is 483 g/mol. The van der Waals surface area contributed by atoms with Crippen molar-refractivity contribution in [2.45, 2.75) is 44.4 Å². The van der Waals surface area contributed by atoms with Crippen LogP contribution in [0, 0.1) is 5.92 Å². The Labute approximate surface area is 189 Å². The second-order valence-corrected chi connectivity index (χ2v) is 10.1. The molecular weight excluding hydrogens is 463 g/mol. The maximum absolute atomic E-state index is 13.8. The number of aliphatic hydroxyl groups is 1. The molecular formula is C21H20F3N3O3S2. The molecule has 2 heterocycles. The van der Waals surface area contributed by atoms with Gasteiger partial charge >= 0.3 is 6.18 Å². The summed E-state index contributed by atoms with van der Waals surface area (Å²) in [4.78, 5) is 30.0. The van der Waals surface area contributed by atoms with Crippen molar-refractivity contribution in [2.24, 2.45) is 5.92 Å². The highest BCUT2D eigenvalue weighted by Crippen LogP contribution is 2.44. The minimum Gasteiger partial charge on any atom is -0.374 e. The van der Waals surface area contributed by atoms with E-state index in [1.54, 1.807) is 24.3 Å². The number of thiophene rings is 1. The number of nitrogens with zero attached hydrogens (tertiary/aromatic N) is 1. The Morgan fingerprint density at radius 2 is 1.97 bits per heavy atom. The van der Waals surface area contributed by atoms with Crippen LogP contribution in [0.1, 0.15) is 44.9 Å². The number of hydrazine groups is 1. The summed E-state index contributed by atoms with van der Waals surface area (Å²) in [5.41, 5.74) is 2.03. The van der Waals surface area contributed by atoms with Crippen molar-refractivity contribution in [3.8, 4) is 0 Å². The van der Waals surface area contributed by atoms with Crippen molar-refractivity contribution in [1.29, 1.82) is 0 Å². The van der Waals surface area contributed by atoms with E-state index in [0.717, 1.165) is 29.7 Å². The van der Waals surface area contributed by atoms with Crippen molar-refractivity contribution in [3.63, 3.8) is 0 Å². The molecule has 0 spiro atoms. The van der Waals surface area contributed by atoms with E-state index in [1.165, 1.54) is 17.4 Å². The first-order chi connectivity index (χ1) is 15.1. The molecule has 1 aromatic carbocycles. The Morgan fingerprint density at radius 3 is 2.69 bits per heavy atom. The summed E-state index contributed by atoms with van der Waals surface area (Å²) in [6.45, 7) is 2.13. The van der Waals surface area contributed by atoms with Crippen molar-refractivity contribution < 1.29 is 27.9 Å². The number of rotatable bonds is 4. The van der Waals surface area contributed by atoms with E-state index in [-0.39, 0.29) is 0 Å². The number of benzene rings is 1. The maximum atomic E-state index is 13.8. The zero-order valence-corrected chi connectivity index (χ0v) is 18.6. The summed E-state index contributed by atoms with van der Waals surface area (Å²) in [7, 11) is 0. The van der Waals surface area contributed by atoms with Gasteiger partial charge in [0, 0.05) is 4.88 Å². The number of aromatic nitrogens is 1. The molecule has 2 aromatic heterocycles. The number of nitrogens with one attached hydrogen (secondary N) is 2. The van der Waals surface area contributed by atoms with Gasteiger partial charge in [-0.25, -0.2) is 4.98 Å². The number of halogens is 3. The Balaban J connectivity index is 1.45. The van der Waals surface area contributed by atoms with Crippen LogP contribution in [-0.2, 0) is 23.2 Å². The standard InChI is InChI=1S/C21H20F3N3O3S2/c1-11-6-7-14-12(8-11)9-16(31-14)18(29)27-26-17(28)10-20(30,21(22,23)24)19-25-13-4-2-3-5-15(13)32-19/h2-5,9,11,30H,6-8,10H2,1H3,(H,26,28)(H,27,29)/t11-,20+/m0/s1. The molecule has 3 N–H and O–H groups in total. The van der Waals surface area contributed by atoms with E-state index in [4.69, 9.17) is 0 Å². The van der Waals surface area contributed by atoms with E-state index < -0.39 is 35.0 Å². The van der Waals surface area contributed by atoms with Gasteiger partial charge in [-0.15, -0.1) is 22.7 Å². The van der Waals surface area contributed by atoms with Crippen LogP contribution in [-0.4, -0.2) is 28.1 Å². The third kappa shape index (κ3) is 4.37. The van der Waals surface area contributed by atoms with Gasteiger partial charge in [-0.3, -0.25) is 20.4 Å². The lowest BCUT2D eigenvalue weighted by atomic mass is 9.90. The highest BCUT2D eigenvalue weighted by Gasteiger charge is 2.58. The fraction of sp³-hybridized carbons (Fsp3) is 0.381. The Hall–Kier alpha value is -2.50. The Kier molecular flexibility index (Phi) is 5.99. The van der Waals surface area contributed by atoms with E-state index >= 15 is 0 Å². The van der Waals surface area contributed by atoms with Crippen LogP contribution in [0.3, 0.4) is 0 Å². The molecule has 6 nitrogen and oxygen atoms in total. The lowest BCUT2D eigenvalue weighted by molar-refractivity contribution is -0.267. The van der Waals surface area contributed by atoms with Gasteiger partial charge in [0.25, 0.3) is 5.91 Å². The molecule has 0 aliphatic heterocycles. The van der Waals surface area contributed by atoms with Crippen LogP contribution < -0.4 is 10.9 Å². The summed E-state index contributed by atoms with van der Waals surface area (Å²) < 4.78 is 41.7. The summed E-state index contributed by atoms with van der Waals surface area (Å²) in [5.74, 6) is -1.27. The van der Waals surface area contributed by atoms with E-state index in [2.05, 4.69) is 17.3 Å². The highest BCUT2D eigenvalue weighted by molar-refractivity contribution is 7.18. The maximum Gasteiger partial charge on any atom is 0.424 e. The van der Waals surface area contributed by atoms with Crippen LogP contribution in [0.5, 0.6) is 0 Å². The van der Waals surface area contributed by atoms with Gasteiger partial charge in [0.1, 0.15) is 5.01 Å². The largest absolute Gasteiger partial charge is 0.424 e. The van der Waals surface area contributed by atoms with E-state index in [0.29, 0.717) is 32.3 Å². The molecule has 3 aromatic rings. The molecule has 0 radical (unpaired) electrons. The number of fused-ring (bicyclic) bond motifs is 2. The second kappa shape index (κ2) is 8.45. The van der Waals surface area contributed by atoms with Crippen molar-refractivity contribution in [2.75, 3.05) is 0 Å². The Morgan fingerprint density at radius 1 is 1.22 bits per heavy atom. The first kappa shape index (κ1) is 22.7. The summed E-state index contributed by atoms with van der Waals surface area (Å²) in [6.07, 6.45) is -3.71. The number of thiazole rings is 1. The first-order valence-corrected chi connectivity index (χ1v) is 11.6. The minimum atomic E-state index is -5.15. The molecule has 0 unspecified atom stereocenters. The van der Waals surface area contributed by atoms with Crippen molar-refractivity contribution >= 4 is 44.7 Å². The summed E-state index contributed by atoms with van der Waals surface area (Å²) in [6, 6.07) is 8.11. The number of hydrogen-bond acceptors (Lipinski definition) is 6. The fourth-order valence-electron chi connectivity index (χ4n) is 3.63. The van der Waals surface area contributed by atoms with Gasteiger partial charge in [0.2, 0.25) is 11.5 Å². The topological polar surface area (TPSA) is 91.3 Å². The van der Waals surface area contributed by atoms with Crippen LogP contribution in [0.4, 0.5) is 13.2 Å². The molecule has 0 saturated carbocycles. The SMILES string of the molecule is C[C@H]1CCc2sc(C(=O)NNC(=O)C[C@@](O)(c3nc4ccccc4s3)C(F)(F)F)cc2C1. The van der Waals surface area contributed by atoms with Gasteiger partial charge in [-0.2, -0.15) is 13.2 Å². The molecule has 0 bridgehead atoms. The third-order valence-corrected chi connectivity index (χ3v) is 7.82. The number of para-hydroxylation sites is 1. The molecule has 0 fully saturated rings. The summed E-state index contributed by atoms with van der Waals surface area (Å²) >= 11 is 1.98. The van der Waals surface area contributed by atoms with E-state index in [1.807, 2.05) is 5.43 Å². The Bertz CT molecular complexity index is 1140. The van der Waals surface area contributed by atoms with Crippen LogP contribution in [0.2, 0.25) is 0 Å². The molecule has 2 amide bonds. The normalized spacial score (nSPS) is 18.1. The number of carbonyl (C=O) groups excluding carboxylic acids is 2. The number of amides is 2.